The van der Waals surface area contributed by atoms with E-state index in [1.54, 1.807) is 0 Å². The quantitative estimate of drug-likeness (QED) is 0.801. The number of hydrogen-bond acceptors (Lipinski definition) is 3. The maximum atomic E-state index is 10.9. The van der Waals surface area contributed by atoms with Crippen molar-refractivity contribution in [2.24, 2.45) is 0 Å². The fourth-order valence-corrected chi connectivity index (χ4v) is 2.41. The van der Waals surface area contributed by atoms with Crippen LogP contribution in [0.1, 0.15) is 18.1 Å². The van der Waals surface area contributed by atoms with Crippen molar-refractivity contribution in [2.75, 3.05) is 5.75 Å². The van der Waals surface area contributed by atoms with E-state index in [9.17, 15) is 9.59 Å². The first-order valence-electron chi connectivity index (χ1n) is 5.60. The third-order valence-corrected chi connectivity index (χ3v) is 3.66. The SMILES string of the molecule is CC(=O)NC(CSc1ccc(C)c(C)c1)C(=O)O. The normalized spacial score (nSPS) is 11.9. The number of nitrogens with one attached hydrogen (secondary N) is 1. The smallest absolute Gasteiger partial charge is 0.327 e. The highest BCUT2D eigenvalue weighted by Gasteiger charge is 2.18. The van der Waals surface area contributed by atoms with Crippen LogP contribution in [0.4, 0.5) is 0 Å². The molecule has 0 saturated carbocycles. The molecule has 98 valence electrons. The van der Waals surface area contributed by atoms with E-state index in [-0.39, 0.29) is 5.91 Å². The molecule has 1 atom stereocenters. The molecule has 1 aromatic carbocycles. The lowest BCUT2D eigenvalue weighted by atomic mass is 10.1. The standard InChI is InChI=1S/C13H17NO3S/c1-8-4-5-11(6-9(8)2)18-7-12(13(16)17)14-10(3)15/h4-6,12H,7H2,1-3H3,(H,14,15)(H,16,17). The Morgan fingerprint density at radius 1 is 1.33 bits per heavy atom. The van der Waals surface area contributed by atoms with E-state index in [4.69, 9.17) is 5.11 Å². The number of carbonyl (C=O) groups is 2. The predicted octanol–water partition coefficient (Wildman–Crippen LogP) is 1.98. The van der Waals surface area contributed by atoms with Gasteiger partial charge in [-0.3, -0.25) is 4.79 Å². The summed E-state index contributed by atoms with van der Waals surface area (Å²) in [4.78, 5) is 22.8. The molecule has 0 bridgehead atoms. The van der Waals surface area contributed by atoms with Crippen molar-refractivity contribution in [3.8, 4) is 0 Å². The van der Waals surface area contributed by atoms with Crippen molar-refractivity contribution in [2.45, 2.75) is 31.7 Å². The fraction of sp³-hybridized carbons (Fsp3) is 0.385. The van der Waals surface area contributed by atoms with E-state index in [0.717, 1.165) is 4.90 Å². The molecule has 4 nitrogen and oxygen atoms in total. The van der Waals surface area contributed by atoms with Gasteiger partial charge in [-0.2, -0.15) is 0 Å². The van der Waals surface area contributed by atoms with Gasteiger partial charge in [0.15, 0.2) is 0 Å². The van der Waals surface area contributed by atoms with Crippen molar-refractivity contribution in [3.63, 3.8) is 0 Å². The molecule has 0 spiro atoms. The summed E-state index contributed by atoms with van der Waals surface area (Å²) in [5.74, 6) is -1.03. The number of carbonyl (C=O) groups excluding carboxylic acids is 1. The van der Waals surface area contributed by atoms with Crippen LogP contribution >= 0.6 is 11.8 Å². The van der Waals surface area contributed by atoms with Crippen molar-refractivity contribution < 1.29 is 14.7 Å². The molecule has 0 aliphatic heterocycles. The van der Waals surface area contributed by atoms with Crippen LogP contribution in [-0.4, -0.2) is 28.8 Å². The maximum Gasteiger partial charge on any atom is 0.327 e. The summed E-state index contributed by atoms with van der Waals surface area (Å²) in [6.45, 7) is 5.36. The van der Waals surface area contributed by atoms with Crippen LogP contribution in [0, 0.1) is 13.8 Å². The Bertz CT molecular complexity index is 460. The molecule has 1 amide bonds. The van der Waals surface area contributed by atoms with Gasteiger partial charge in [0, 0.05) is 17.6 Å². The van der Waals surface area contributed by atoms with E-state index < -0.39 is 12.0 Å². The molecule has 1 unspecified atom stereocenters. The van der Waals surface area contributed by atoms with Crippen LogP contribution in [-0.2, 0) is 9.59 Å². The third-order valence-electron chi connectivity index (χ3n) is 2.57. The Labute approximate surface area is 111 Å². The second-order valence-electron chi connectivity index (χ2n) is 4.15. The summed E-state index contributed by atoms with van der Waals surface area (Å²) < 4.78 is 0. The van der Waals surface area contributed by atoms with Crippen molar-refractivity contribution >= 4 is 23.6 Å². The van der Waals surface area contributed by atoms with Gasteiger partial charge < -0.3 is 10.4 Å². The highest BCUT2D eigenvalue weighted by atomic mass is 32.2. The molecule has 5 heteroatoms. The number of rotatable bonds is 5. The summed E-state index contributed by atoms with van der Waals surface area (Å²) in [5, 5.41) is 11.4. The average Bonchev–Trinajstić information content (AvgIpc) is 2.28. The topological polar surface area (TPSA) is 66.4 Å². The summed E-state index contributed by atoms with van der Waals surface area (Å²) >= 11 is 1.43. The first-order valence-corrected chi connectivity index (χ1v) is 6.58. The number of hydrogen-bond donors (Lipinski definition) is 2. The molecule has 1 rings (SSSR count). The van der Waals surface area contributed by atoms with Gasteiger partial charge in [0.05, 0.1) is 0 Å². The van der Waals surface area contributed by atoms with Gasteiger partial charge >= 0.3 is 5.97 Å². The molecule has 0 aliphatic rings. The highest BCUT2D eigenvalue weighted by Crippen LogP contribution is 2.21. The Morgan fingerprint density at radius 3 is 2.50 bits per heavy atom. The minimum absolute atomic E-state index is 0.317. The highest BCUT2D eigenvalue weighted by molar-refractivity contribution is 7.99. The molecule has 0 aliphatic carbocycles. The number of amides is 1. The molecule has 1 aromatic rings. The summed E-state index contributed by atoms with van der Waals surface area (Å²) in [6.07, 6.45) is 0. The Morgan fingerprint density at radius 2 is 2.00 bits per heavy atom. The fourth-order valence-electron chi connectivity index (χ4n) is 1.40. The number of benzene rings is 1. The van der Waals surface area contributed by atoms with Gasteiger partial charge in [0.2, 0.25) is 5.91 Å². The predicted molar refractivity (Wildman–Crippen MR) is 71.9 cm³/mol. The average molecular weight is 267 g/mol. The van der Waals surface area contributed by atoms with Gasteiger partial charge in [-0.05, 0) is 37.1 Å². The van der Waals surface area contributed by atoms with Gasteiger partial charge in [-0.15, -0.1) is 11.8 Å². The maximum absolute atomic E-state index is 10.9. The molecule has 0 saturated heterocycles. The molecule has 0 radical (unpaired) electrons. The zero-order chi connectivity index (χ0) is 13.7. The molecular formula is C13H17NO3S. The number of aliphatic carboxylic acids is 1. The number of aryl methyl sites for hydroxylation is 2. The monoisotopic (exact) mass is 267 g/mol. The second-order valence-corrected chi connectivity index (χ2v) is 5.24. The zero-order valence-corrected chi connectivity index (χ0v) is 11.5. The minimum atomic E-state index is -1.01. The van der Waals surface area contributed by atoms with Crippen LogP contribution in [0.5, 0.6) is 0 Å². The van der Waals surface area contributed by atoms with E-state index in [1.807, 2.05) is 32.0 Å². The van der Waals surface area contributed by atoms with Crippen molar-refractivity contribution in [1.29, 1.82) is 0 Å². The van der Waals surface area contributed by atoms with Crippen LogP contribution in [0.15, 0.2) is 23.1 Å². The molecule has 0 fully saturated rings. The van der Waals surface area contributed by atoms with Crippen LogP contribution in [0.25, 0.3) is 0 Å². The Kier molecular flexibility index (Phi) is 5.22. The summed E-state index contributed by atoms with van der Waals surface area (Å²) in [6, 6.07) is 5.13. The van der Waals surface area contributed by atoms with Crippen LogP contribution in [0.3, 0.4) is 0 Å². The van der Waals surface area contributed by atoms with Gasteiger partial charge in [-0.25, -0.2) is 4.79 Å². The number of thioether (sulfide) groups is 1. The van der Waals surface area contributed by atoms with E-state index in [2.05, 4.69) is 5.32 Å². The van der Waals surface area contributed by atoms with Crippen LogP contribution in [0.2, 0.25) is 0 Å². The second kappa shape index (κ2) is 6.44. The largest absolute Gasteiger partial charge is 0.480 e. The number of carboxylic acid groups (broad SMARTS) is 1. The van der Waals surface area contributed by atoms with Crippen molar-refractivity contribution in [1.82, 2.24) is 5.32 Å². The van der Waals surface area contributed by atoms with Gasteiger partial charge in [-0.1, -0.05) is 6.07 Å². The molecule has 0 heterocycles. The van der Waals surface area contributed by atoms with Gasteiger partial charge in [0.1, 0.15) is 6.04 Å². The van der Waals surface area contributed by atoms with E-state index >= 15 is 0 Å². The lowest BCUT2D eigenvalue weighted by molar-refractivity contribution is -0.140. The first-order chi connectivity index (χ1) is 8.40. The van der Waals surface area contributed by atoms with E-state index in [0.29, 0.717) is 5.75 Å². The minimum Gasteiger partial charge on any atom is -0.480 e. The number of carboxylic acids is 1. The summed E-state index contributed by atoms with van der Waals surface area (Å²) in [5.41, 5.74) is 2.38. The Balaban J connectivity index is 2.64. The van der Waals surface area contributed by atoms with Crippen molar-refractivity contribution in [3.05, 3.63) is 29.3 Å². The molecular weight excluding hydrogens is 250 g/mol. The first kappa shape index (κ1) is 14.6. The lowest BCUT2D eigenvalue weighted by Crippen LogP contribution is -2.41. The molecule has 2 N–H and O–H groups in total. The summed E-state index contributed by atoms with van der Waals surface area (Å²) in [7, 11) is 0. The Hall–Kier alpha value is -1.49. The molecule has 18 heavy (non-hydrogen) atoms. The lowest BCUT2D eigenvalue weighted by Gasteiger charge is -2.13. The third kappa shape index (κ3) is 4.41. The van der Waals surface area contributed by atoms with Gasteiger partial charge in [0.25, 0.3) is 0 Å². The van der Waals surface area contributed by atoms with Crippen LogP contribution < -0.4 is 5.32 Å². The molecule has 0 aromatic heterocycles. The van der Waals surface area contributed by atoms with E-state index in [1.165, 1.54) is 29.8 Å². The zero-order valence-electron chi connectivity index (χ0n) is 10.7.